The number of aryl methyl sites for hydroxylation is 1. The van der Waals surface area contributed by atoms with Crippen LogP contribution in [0.3, 0.4) is 0 Å². The minimum absolute atomic E-state index is 0.00122. The standard InChI is InChI=1S/C27H36N2O8/c1-5-34-15-26(9-8-17-6-7-17)10-11-29(14-26)25(3,4)20-22-21-16(2)28-23(20)36-19(31)13-27(33,24(32)37-22)12-18(30)35-21/h17,33H,5-15H2,1-4H3/t26-,27?/m0/s1. The number of pyridine rings is 1. The maximum atomic E-state index is 13.1. The molecule has 4 aliphatic rings. The Morgan fingerprint density at radius 1 is 1.11 bits per heavy atom. The molecule has 0 amide bonds. The van der Waals surface area contributed by atoms with E-state index in [1.165, 1.54) is 19.3 Å². The van der Waals surface area contributed by atoms with Crippen molar-refractivity contribution in [1.29, 1.82) is 0 Å². The van der Waals surface area contributed by atoms with E-state index in [1.54, 1.807) is 6.92 Å². The van der Waals surface area contributed by atoms with Crippen LogP contribution in [-0.4, -0.2) is 64.8 Å². The first-order valence-electron chi connectivity index (χ1n) is 13.2. The summed E-state index contributed by atoms with van der Waals surface area (Å²) in [7, 11) is 0. The summed E-state index contributed by atoms with van der Waals surface area (Å²) in [6.07, 6.45) is 4.30. The largest absolute Gasteiger partial charge is 0.420 e. The second-order valence-electron chi connectivity index (χ2n) is 11.6. The van der Waals surface area contributed by atoms with Crippen LogP contribution >= 0.6 is 0 Å². The fourth-order valence-electron chi connectivity index (χ4n) is 5.83. The Morgan fingerprint density at radius 3 is 2.49 bits per heavy atom. The Bertz CT molecular complexity index is 1130. The quantitative estimate of drug-likeness (QED) is 0.516. The topological polar surface area (TPSA) is 124 Å². The molecule has 1 N–H and O–H groups in total. The van der Waals surface area contributed by atoms with Gasteiger partial charge in [-0.25, -0.2) is 9.78 Å². The molecule has 4 heterocycles. The summed E-state index contributed by atoms with van der Waals surface area (Å²) in [5, 5.41) is 10.9. The van der Waals surface area contributed by atoms with Gasteiger partial charge < -0.3 is 24.1 Å². The molecule has 10 nitrogen and oxygen atoms in total. The number of aromatic nitrogens is 1. The molecular weight excluding hydrogens is 480 g/mol. The van der Waals surface area contributed by atoms with Gasteiger partial charge in [0.25, 0.3) is 0 Å². The van der Waals surface area contributed by atoms with E-state index in [-0.39, 0.29) is 28.5 Å². The van der Waals surface area contributed by atoms with Gasteiger partial charge in [0, 0.05) is 24.1 Å². The fraction of sp³-hybridized carbons (Fsp3) is 0.704. The predicted molar refractivity (Wildman–Crippen MR) is 130 cm³/mol. The van der Waals surface area contributed by atoms with Crippen LogP contribution in [0, 0.1) is 18.3 Å². The Balaban J connectivity index is 1.57. The lowest BCUT2D eigenvalue weighted by molar-refractivity contribution is -0.168. The zero-order valence-electron chi connectivity index (χ0n) is 22.1. The molecule has 0 aromatic carbocycles. The molecule has 2 fully saturated rings. The third-order valence-corrected chi connectivity index (χ3v) is 8.35. The maximum Gasteiger partial charge on any atom is 0.344 e. The smallest absolute Gasteiger partial charge is 0.344 e. The van der Waals surface area contributed by atoms with E-state index in [0.29, 0.717) is 18.8 Å². The average Bonchev–Trinajstić information content (AvgIpc) is 3.54. The molecule has 2 atom stereocenters. The van der Waals surface area contributed by atoms with Crippen molar-refractivity contribution in [2.24, 2.45) is 11.3 Å². The van der Waals surface area contributed by atoms with Crippen molar-refractivity contribution in [3.63, 3.8) is 0 Å². The van der Waals surface area contributed by atoms with Crippen LogP contribution in [0.4, 0.5) is 0 Å². The normalized spacial score (nSPS) is 28.2. The lowest BCUT2D eigenvalue weighted by atomic mass is 9.82. The van der Waals surface area contributed by atoms with Crippen molar-refractivity contribution in [2.75, 3.05) is 26.3 Å². The van der Waals surface area contributed by atoms with Gasteiger partial charge in [-0.15, -0.1) is 0 Å². The van der Waals surface area contributed by atoms with Gasteiger partial charge in [0.2, 0.25) is 5.88 Å². The number of carbonyl (C=O) groups is 3. The first-order valence-corrected chi connectivity index (χ1v) is 13.2. The van der Waals surface area contributed by atoms with E-state index >= 15 is 0 Å². The van der Waals surface area contributed by atoms with Crippen LogP contribution in [-0.2, 0) is 24.7 Å². The molecule has 5 rings (SSSR count). The molecule has 1 aromatic rings. The van der Waals surface area contributed by atoms with Crippen molar-refractivity contribution in [3.8, 4) is 17.4 Å². The molecule has 10 heteroatoms. The molecule has 1 aliphatic carbocycles. The third-order valence-electron chi connectivity index (χ3n) is 8.35. The van der Waals surface area contributed by atoms with E-state index in [9.17, 15) is 19.5 Å². The van der Waals surface area contributed by atoms with E-state index < -0.39 is 41.9 Å². The third kappa shape index (κ3) is 4.86. The van der Waals surface area contributed by atoms with Crippen molar-refractivity contribution < 1.29 is 38.4 Å². The van der Waals surface area contributed by atoms with Crippen LogP contribution < -0.4 is 14.2 Å². The lowest BCUT2D eigenvalue weighted by Gasteiger charge is -2.39. The highest BCUT2D eigenvalue weighted by molar-refractivity contribution is 5.94. The van der Waals surface area contributed by atoms with E-state index in [4.69, 9.17) is 18.9 Å². The van der Waals surface area contributed by atoms with Crippen molar-refractivity contribution in [2.45, 2.75) is 83.8 Å². The molecule has 0 radical (unpaired) electrons. The van der Waals surface area contributed by atoms with Crippen LogP contribution in [0.15, 0.2) is 0 Å². The minimum atomic E-state index is -2.39. The predicted octanol–water partition coefficient (Wildman–Crippen LogP) is 2.80. The fourth-order valence-corrected chi connectivity index (χ4v) is 5.83. The minimum Gasteiger partial charge on any atom is -0.420 e. The number of esters is 3. The van der Waals surface area contributed by atoms with Gasteiger partial charge in [-0.3, -0.25) is 14.5 Å². The number of nitrogens with zero attached hydrogens (tertiary/aromatic N) is 2. The van der Waals surface area contributed by atoms with Crippen LogP contribution in [0.1, 0.15) is 77.0 Å². The molecule has 1 saturated heterocycles. The highest BCUT2D eigenvalue weighted by Crippen LogP contribution is 2.51. The average molecular weight is 517 g/mol. The Labute approximate surface area is 216 Å². The monoisotopic (exact) mass is 516 g/mol. The first-order chi connectivity index (χ1) is 17.5. The van der Waals surface area contributed by atoms with Crippen LogP contribution in [0.5, 0.6) is 17.4 Å². The number of hydrogen-bond acceptors (Lipinski definition) is 10. The molecule has 202 valence electrons. The summed E-state index contributed by atoms with van der Waals surface area (Å²) < 4.78 is 22.9. The number of aliphatic hydroxyl groups is 1. The maximum absolute atomic E-state index is 13.1. The van der Waals surface area contributed by atoms with Gasteiger partial charge in [0.05, 0.1) is 30.7 Å². The molecule has 37 heavy (non-hydrogen) atoms. The summed E-state index contributed by atoms with van der Waals surface area (Å²) in [6.45, 7) is 10.3. The molecular formula is C27H36N2O8. The van der Waals surface area contributed by atoms with E-state index in [0.717, 1.165) is 31.8 Å². The van der Waals surface area contributed by atoms with Gasteiger partial charge in [0.1, 0.15) is 0 Å². The molecule has 0 spiro atoms. The summed E-state index contributed by atoms with van der Waals surface area (Å²) in [4.78, 5) is 45.3. The Kier molecular flexibility index (Phi) is 6.57. The summed E-state index contributed by atoms with van der Waals surface area (Å²) in [5.74, 6) is -2.07. The first kappa shape index (κ1) is 26.1. The summed E-state index contributed by atoms with van der Waals surface area (Å²) >= 11 is 0. The summed E-state index contributed by atoms with van der Waals surface area (Å²) in [5.41, 5.74) is -2.67. The van der Waals surface area contributed by atoms with Crippen molar-refractivity contribution in [3.05, 3.63) is 11.3 Å². The van der Waals surface area contributed by atoms with Crippen LogP contribution in [0.2, 0.25) is 0 Å². The van der Waals surface area contributed by atoms with Crippen LogP contribution in [0.25, 0.3) is 0 Å². The number of hydrogen-bond donors (Lipinski definition) is 1. The van der Waals surface area contributed by atoms with Gasteiger partial charge in [-0.2, -0.15) is 0 Å². The highest BCUT2D eigenvalue weighted by Gasteiger charge is 2.51. The van der Waals surface area contributed by atoms with E-state index in [1.807, 2.05) is 20.8 Å². The van der Waals surface area contributed by atoms with Crippen molar-refractivity contribution >= 4 is 17.9 Å². The molecule has 1 aromatic heterocycles. The molecule has 1 unspecified atom stereocenters. The Hall–Kier alpha value is -2.56. The molecule has 3 aliphatic heterocycles. The number of carbonyl (C=O) groups excluding carboxylic acids is 3. The zero-order valence-corrected chi connectivity index (χ0v) is 22.1. The number of ether oxygens (including phenoxy) is 4. The van der Waals surface area contributed by atoms with Gasteiger partial charge in [-0.05, 0) is 59.4 Å². The zero-order chi connectivity index (χ0) is 26.6. The summed E-state index contributed by atoms with van der Waals surface area (Å²) in [6, 6.07) is 0. The number of likely N-dealkylation sites (tertiary alicyclic amines) is 1. The Morgan fingerprint density at radius 2 is 1.81 bits per heavy atom. The molecule has 1 saturated carbocycles. The van der Waals surface area contributed by atoms with E-state index in [2.05, 4.69) is 9.88 Å². The highest BCUT2D eigenvalue weighted by atomic mass is 16.6. The number of fused-ring (bicyclic) bond motifs is 3. The van der Waals surface area contributed by atoms with Gasteiger partial charge in [-0.1, -0.05) is 12.8 Å². The molecule has 3 bridgehead atoms. The lowest BCUT2D eigenvalue weighted by Crippen LogP contribution is -2.47. The number of rotatable bonds is 8. The SMILES string of the molecule is CCOC[C@@]1(CCC2CC2)CCN(C(C)(C)c2c3nc(C)c4c2OC(=O)C(O)(CC(=O)O3)CC(=O)O4)C1. The second kappa shape index (κ2) is 9.32. The van der Waals surface area contributed by atoms with Gasteiger partial charge >= 0.3 is 17.9 Å². The van der Waals surface area contributed by atoms with Gasteiger partial charge in [0.15, 0.2) is 17.1 Å². The second-order valence-corrected chi connectivity index (χ2v) is 11.6. The van der Waals surface area contributed by atoms with Crippen molar-refractivity contribution in [1.82, 2.24) is 9.88 Å².